The predicted octanol–water partition coefficient (Wildman–Crippen LogP) is 4.14. The van der Waals surface area contributed by atoms with E-state index in [1.807, 2.05) is 11.8 Å². The van der Waals surface area contributed by atoms with Gasteiger partial charge in [-0.05, 0) is 43.4 Å². The number of thioether (sulfide) groups is 1. The van der Waals surface area contributed by atoms with Gasteiger partial charge < -0.3 is 0 Å². The van der Waals surface area contributed by atoms with E-state index in [0.29, 0.717) is 16.1 Å². The molecular weight excluding hydrogens is 278 g/mol. The highest BCUT2D eigenvalue weighted by molar-refractivity contribution is 8.00. The van der Waals surface area contributed by atoms with Crippen molar-refractivity contribution in [2.24, 2.45) is 5.92 Å². The molecule has 2 unspecified atom stereocenters. The zero-order chi connectivity index (χ0) is 14.1. The number of ketones is 1. The summed E-state index contributed by atoms with van der Waals surface area (Å²) in [5, 5.41) is 1.22. The second-order valence-corrected chi connectivity index (χ2v) is 7.51. The minimum absolute atomic E-state index is 0.0814. The Labute approximate surface area is 122 Å². The third-order valence-electron chi connectivity index (χ3n) is 4.29. The van der Waals surface area contributed by atoms with Crippen LogP contribution in [0.5, 0.6) is 0 Å². The van der Waals surface area contributed by atoms with Crippen LogP contribution in [0.25, 0.3) is 0 Å². The normalized spacial score (nSPS) is 29.2. The van der Waals surface area contributed by atoms with Crippen LogP contribution in [0.4, 0.5) is 8.78 Å². The molecular formula is C16H18F2OS. The van der Waals surface area contributed by atoms with Crippen LogP contribution in [-0.2, 0) is 11.2 Å². The molecule has 108 valence electrons. The fraction of sp³-hybridized carbons (Fsp3) is 0.562. The van der Waals surface area contributed by atoms with Crippen LogP contribution in [0, 0.1) is 17.6 Å². The van der Waals surface area contributed by atoms with E-state index >= 15 is 0 Å². The van der Waals surface area contributed by atoms with Gasteiger partial charge in [0.15, 0.2) is 0 Å². The second-order valence-electron chi connectivity index (χ2n) is 5.90. The largest absolute Gasteiger partial charge is 0.299 e. The first-order chi connectivity index (χ1) is 9.60. The van der Waals surface area contributed by atoms with Gasteiger partial charge in [-0.25, -0.2) is 8.78 Å². The van der Waals surface area contributed by atoms with Crippen molar-refractivity contribution in [1.82, 2.24) is 0 Å². The zero-order valence-electron chi connectivity index (χ0n) is 11.3. The van der Waals surface area contributed by atoms with Gasteiger partial charge in [-0.3, -0.25) is 4.79 Å². The number of benzene rings is 1. The molecule has 3 rings (SSSR count). The van der Waals surface area contributed by atoms with Gasteiger partial charge >= 0.3 is 0 Å². The summed E-state index contributed by atoms with van der Waals surface area (Å²) in [5.41, 5.74) is 0.455. The van der Waals surface area contributed by atoms with E-state index in [9.17, 15) is 13.6 Å². The number of hydrogen-bond acceptors (Lipinski definition) is 2. The summed E-state index contributed by atoms with van der Waals surface area (Å²) in [6.45, 7) is 0. The smallest absolute Gasteiger partial charge is 0.140 e. The van der Waals surface area contributed by atoms with Gasteiger partial charge in [0.25, 0.3) is 0 Å². The lowest BCUT2D eigenvalue weighted by atomic mass is 9.85. The fourth-order valence-electron chi connectivity index (χ4n) is 3.38. The molecule has 20 heavy (non-hydrogen) atoms. The van der Waals surface area contributed by atoms with Gasteiger partial charge in [-0.2, -0.15) is 11.8 Å². The van der Waals surface area contributed by atoms with Gasteiger partial charge in [0.1, 0.15) is 17.4 Å². The Hall–Kier alpha value is -0.900. The molecule has 0 amide bonds. The number of rotatable bonds is 3. The van der Waals surface area contributed by atoms with E-state index in [1.54, 1.807) is 0 Å². The lowest BCUT2D eigenvalue weighted by Crippen LogP contribution is -2.33. The van der Waals surface area contributed by atoms with Crippen molar-refractivity contribution in [2.75, 3.05) is 0 Å². The van der Waals surface area contributed by atoms with Crippen LogP contribution in [0.1, 0.15) is 37.7 Å². The number of carbonyl (C=O) groups excluding carboxylic acids is 1. The lowest BCUT2D eigenvalue weighted by Gasteiger charge is -2.38. The van der Waals surface area contributed by atoms with Gasteiger partial charge in [0.05, 0.1) is 0 Å². The summed E-state index contributed by atoms with van der Waals surface area (Å²) in [4.78, 5) is 12.4. The molecule has 2 aliphatic heterocycles. The Kier molecular flexibility index (Phi) is 4.11. The molecule has 2 heterocycles. The molecule has 2 aliphatic rings. The third kappa shape index (κ3) is 3.22. The Morgan fingerprint density at radius 3 is 2.30 bits per heavy atom. The van der Waals surface area contributed by atoms with Gasteiger partial charge in [-0.1, -0.05) is 6.42 Å². The highest BCUT2D eigenvalue weighted by Gasteiger charge is 2.35. The highest BCUT2D eigenvalue weighted by atomic mass is 32.2. The van der Waals surface area contributed by atoms with Crippen LogP contribution < -0.4 is 0 Å². The van der Waals surface area contributed by atoms with Gasteiger partial charge in [0.2, 0.25) is 0 Å². The van der Waals surface area contributed by atoms with E-state index in [2.05, 4.69) is 0 Å². The Balaban J connectivity index is 1.67. The number of hydrogen-bond donors (Lipinski definition) is 0. The van der Waals surface area contributed by atoms with Crippen molar-refractivity contribution < 1.29 is 13.6 Å². The molecule has 0 spiro atoms. The molecule has 2 bridgehead atoms. The first kappa shape index (κ1) is 14.1. The van der Waals surface area contributed by atoms with Crippen molar-refractivity contribution in [3.05, 3.63) is 35.4 Å². The summed E-state index contributed by atoms with van der Waals surface area (Å²) in [5.74, 6) is -0.988. The van der Waals surface area contributed by atoms with Crippen LogP contribution in [0.3, 0.4) is 0 Å². The van der Waals surface area contributed by atoms with Crippen LogP contribution >= 0.6 is 11.8 Å². The standard InChI is InChI=1S/C16H18F2OS/c17-12-4-10(5-13(18)9-12)6-16(19)11-7-14-2-1-3-15(8-11)20-14/h4-5,9,11,14-15H,1-3,6-8H2. The molecule has 0 saturated carbocycles. The maximum Gasteiger partial charge on any atom is 0.140 e. The fourth-order valence-corrected chi connectivity index (χ4v) is 5.22. The van der Waals surface area contributed by atoms with Crippen molar-refractivity contribution in [3.8, 4) is 0 Å². The molecule has 4 heteroatoms. The zero-order valence-corrected chi connectivity index (χ0v) is 12.1. The van der Waals surface area contributed by atoms with Gasteiger partial charge in [0, 0.05) is 28.9 Å². The Morgan fingerprint density at radius 1 is 1.10 bits per heavy atom. The molecule has 1 aromatic rings. The SMILES string of the molecule is O=C(Cc1cc(F)cc(F)c1)C1CC2CCCC(C1)S2. The van der Waals surface area contributed by atoms with Crippen LogP contribution in [0.2, 0.25) is 0 Å². The average Bonchev–Trinajstić information content (AvgIpc) is 2.36. The van der Waals surface area contributed by atoms with Crippen molar-refractivity contribution in [3.63, 3.8) is 0 Å². The van der Waals surface area contributed by atoms with Crippen molar-refractivity contribution >= 4 is 17.5 Å². The molecule has 0 radical (unpaired) electrons. The maximum absolute atomic E-state index is 13.2. The van der Waals surface area contributed by atoms with Crippen LogP contribution in [0.15, 0.2) is 18.2 Å². The lowest BCUT2D eigenvalue weighted by molar-refractivity contribution is -0.122. The monoisotopic (exact) mass is 296 g/mol. The summed E-state index contributed by atoms with van der Waals surface area (Å²) >= 11 is 2.03. The minimum atomic E-state index is -0.608. The van der Waals surface area contributed by atoms with E-state index < -0.39 is 11.6 Å². The Morgan fingerprint density at radius 2 is 1.70 bits per heavy atom. The summed E-state index contributed by atoms with van der Waals surface area (Å²) in [7, 11) is 0. The Bertz CT molecular complexity index is 485. The average molecular weight is 296 g/mol. The first-order valence-electron chi connectivity index (χ1n) is 7.23. The quantitative estimate of drug-likeness (QED) is 0.834. The molecule has 1 aromatic carbocycles. The molecule has 2 atom stereocenters. The molecule has 2 fully saturated rings. The van der Waals surface area contributed by atoms with Crippen LogP contribution in [-0.4, -0.2) is 16.3 Å². The van der Waals surface area contributed by atoms with Crippen molar-refractivity contribution in [1.29, 1.82) is 0 Å². The molecule has 0 aromatic heterocycles. The molecule has 2 saturated heterocycles. The van der Waals surface area contributed by atoms with E-state index in [-0.39, 0.29) is 18.1 Å². The third-order valence-corrected chi connectivity index (χ3v) is 5.91. The second kappa shape index (κ2) is 5.84. The van der Waals surface area contributed by atoms with E-state index in [4.69, 9.17) is 0 Å². The summed E-state index contributed by atoms with van der Waals surface area (Å²) < 4.78 is 26.3. The highest BCUT2D eigenvalue weighted by Crippen LogP contribution is 2.44. The molecule has 0 aliphatic carbocycles. The molecule has 0 N–H and O–H groups in total. The maximum atomic E-state index is 13.2. The number of Topliss-reactive ketones (excluding diaryl/α,β-unsaturated/α-hetero) is 1. The topological polar surface area (TPSA) is 17.1 Å². The van der Waals surface area contributed by atoms with Crippen molar-refractivity contribution in [2.45, 2.75) is 49.0 Å². The minimum Gasteiger partial charge on any atom is -0.299 e. The first-order valence-corrected chi connectivity index (χ1v) is 8.17. The van der Waals surface area contributed by atoms with E-state index in [0.717, 1.165) is 18.9 Å². The predicted molar refractivity (Wildman–Crippen MR) is 76.8 cm³/mol. The summed E-state index contributed by atoms with van der Waals surface area (Å²) in [6, 6.07) is 3.37. The summed E-state index contributed by atoms with van der Waals surface area (Å²) in [6.07, 6.45) is 5.73. The number of carbonyl (C=O) groups is 1. The van der Waals surface area contributed by atoms with Gasteiger partial charge in [-0.15, -0.1) is 0 Å². The number of halogens is 2. The van der Waals surface area contributed by atoms with E-state index in [1.165, 1.54) is 31.4 Å². The molecule has 1 nitrogen and oxygen atoms in total. The number of fused-ring (bicyclic) bond motifs is 2.